The van der Waals surface area contributed by atoms with Crippen LogP contribution in [-0.4, -0.2) is 53.3 Å². The number of aliphatic carboxylic acids is 1. The van der Waals surface area contributed by atoms with Crippen LogP contribution in [0.15, 0.2) is 51.8 Å². The van der Waals surface area contributed by atoms with E-state index in [1.165, 1.54) is 13.2 Å². The number of ether oxygens (including phenoxy) is 2. The maximum atomic E-state index is 12.3. The number of anilines is 1. The topological polar surface area (TPSA) is 122 Å². The largest absolute Gasteiger partial charge is 0.493 e. The molecule has 0 spiro atoms. The molecule has 3 amide bonds. The summed E-state index contributed by atoms with van der Waals surface area (Å²) < 4.78 is 11.4. The molecule has 2 N–H and O–H groups in total. The van der Waals surface area contributed by atoms with E-state index >= 15 is 0 Å². The molecule has 3 rings (SSSR count). The zero-order valence-corrected chi connectivity index (χ0v) is 19.1. The molecule has 2 aromatic carbocycles. The lowest BCUT2D eigenvalue weighted by molar-refractivity contribution is -0.140. The molecule has 32 heavy (non-hydrogen) atoms. The fourth-order valence-corrected chi connectivity index (χ4v) is 4.15. The molecular formula is C21H17BrN2O7S. The first kappa shape index (κ1) is 23.4. The number of methoxy groups -OCH3 is 1. The quantitative estimate of drug-likeness (QED) is 0.506. The number of thioether (sulfide) groups is 1. The second kappa shape index (κ2) is 10.3. The number of amides is 3. The molecule has 1 heterocycles. The van der Waals surface area contributed by atoms with Gasteiger partial charge < -0.3 is 19.9 Å². The highest BCUT2D eigenvalue weighted by Crippen LogP contribution is 2.39. The molecule has 1 saturated heterocycles. The first-order chi connectivity index (χ1) is 15.3. The van der Waals surface area contributed by atoms with Crippen LogP contribution in [-0.2, 0) is 14.4 Å². The Morgan fingerprint density at radius 3 is 2.59 bits per heavy atom. The van der Waals surface area contributed by atoms with Gasteiger partial charge in [-0.1, -0.05) is 18.2 Å². The summed E-state index contributed by atoms with van der Waals surface area (Å²) in [6.45, 7) is -0.968. The van der Waals surface area contributed by atoms with Crippen LogP contribution in [0, 0.1) is 0 Å². The van der Waals surface area contributed by atoms with Crippen molar-refractivity contribution in [1.82, 2.24) is 4.90 Å². The van der Waals surface area contributed by atoms with Gasteiger partial charge >= 0.3 is 5.97 Å². The number of carboxylic acids is 1. The second-order valence-electron chi connectivity index (χ2n) is 6.40. The number of halogens is 1. The summed E-state index contributed by atoms with van der Waals surface area (Å²) in [5.74, 6) is -1.75. The molecule has 0 aromatic heterocycles. The van der Waals surface area contributed by atoms with Gasteiger partial charge in [0.2, 0.25) is 0 Å². The lowest BCUT2D eigenvalue weighted by Crippen LogP contribution is -2.33. The van der Waals surface area contributed by atoms with Crippen LogP contribution in [0.25, 0.3) is 6.08 Å². The zero-order chi connectivity index (χ0) is 23.3. The molecule has 0 atom stereocenters. The minimum Gasteiger partial charge on any atom is -0.493 e. The van der Waals surface area contributed by atoms with Gasteiger partial charge in [-0.15, -0.1) is 0 Å². The number of hydrogen-bond acceptors (Lipinski definition) is 7. The summed E-state index contributed by atoms with van der Waals surface area (Å²) in [7, 11) is 1.42. The van der Waals surface area contributed by atoms with Crippen molar-refractivity contribution < 1.29 is 33.8 Å². The Morgan fingerprint density at radius 2 is 1.94 bits per heavy atom. The lowest BCUT2D eigenvalue weighted by atomic mass is 10.2. The van der Waals surface area contributed by atoms with Crippen LogP contribution in [0.4, 0.5) is 10.5 Å². The van der Waals surface area contributed by atoms with E-state index in [1.807, 2.05) is 6.07 Å². The Labute approximate surface area is 195 Å². The zero-order valence-electron chi connectivity index (χ0n) is 16.7. The normalized spacial score (nSPS) is 14.6. The average Bonchev–Trinajstić information content (AvgIpc) is 3.00. The third-order valence-electron chi connectivity index (χ3n) is 4.12. The molecular weight excluding hydrogens is 504 g/mol. The van der Waals surface area contributed by atoms with Gasteiger partial charge in [-0.05, 0) is 63.6 Å². The molecule has 9 nitrogen and oxygen atoms in total. The summed E-state index contributed by atoms with van der Waals surface area (Å²) in [6, 6.07) is 12.1. The first-order valence-electron chi connectivity index (χ1n) is 9.11. The van der Waals surface area contributed by atoms with Crippen molar-refractivity contribution >= 4 is 62.5 Å². The molecule has 0 bridgehead atoms. The highest BCUT2D eigenvalue weighted by Gasteiger charge is 2.36. The Hall–Kier alpha value is -3.31. The standard InChI is InChI=1S/C21H17BrN2O7S/c1-30-15-8-12(9-16-20(28)24(10-18(26)27)21(29)32-16)7-14(22)19(15)31-11-17(25)23-13-5-3-2-4-6-13/h2-9H,10-11H2,1H3,(H,23,25)(H,26,27)/b16-9+. The van der Waals surface area contributed by atoms with Crippen molar-refractivity contribution in [1.29, 1.82) is 0 Å². The number of rotatable bonds is 8. The van der Waals surface area contributed by atoms with E-state index in [1.54, 1.807) is 36.4 Å². The summed E-state index contributed by atoms with van der Waals surface area (Å²) in [5, 5.41) is 10.9. The minimum atomic E-state index is -1.28. The van der Waals surface area contributed by atoms with Crippen LogP contribution in [0.5, 0.6) is 11.5 Å². The highest BCUT2D eigenvalue weighted by molar-refractivity contribution is 9.10. The first-order valence-corrected chi connectivity index (χ1v) is 10.7. The maximum Gasteiger partial charge on any atom is 0.323 e. The van der Waals surface area contributed by atoms with Crippen molar-refractivity contribution in [3.63, 3.8) is 0 Å². The Balaban J connectivity index is 1.74. The third kappa shape index (κ3) is 5.68. The number of carbonyl (C=O) groups is 4. The molecule has 2 aromatic rings. The monoisotopic (exact) mass is 520 g/mol. The molecule has 0 saturated carbocycles. The van der Waals surface area contributed by atoms with Crippen LogP contribution >= 0.6 is 27.7 Å². The Bertz CT molecular complexity index is 1100. The number of carboxylic acid groups (broad SMARTS) is 1. The Morgan fingerprint density at radius 1 is 1.22 bits per heavy atom. The second-order valence-corrected chi connectivity index (χ2v) is 8.25. The summed E-state index contributed by atoms with van der Waals surface area (Å²) in [5.41, 5.74) is 1.15. The molecule has 0 unspecified atom stereocenters. The van der Waals surface area contributed by atoms with E-state index in [0.29, 0.717) is 38.1 Å². The number of carbonyl (C=O) groups excluding carboxylic acids is 3. The van der Waals surface area contributed by atoms with Gasteiger partial charge in [0.1, 0.15) is 6.54 Å². The molecule has 1 aliphatic heterocycles. The van der Waals surface area contributed by atoms with Gasteiger partial charge in [0.25, 0.3) is 17.1 Å². The van der Waals surface area contributed by atoms with Crippen LogP contribution in [0.1, 0.15) is 5.56 Å². The number of nitrogens with one attached hydrogen (secondary N) is 1. The summed E-state index contributed by atoms with van der Waals surface area (Å²) in [6.07, 6.45) is 1.45. The van der Waals surface area contributed by atoms with Gasteiger partial charge in [-0.25, -0.2) is 0 Å². The van der Waals surface area contributed by atoms with Crippen molar-refractivity contribution in [3.05, 3.63) is 57.4 Å². The van der Waals surface area contributed by atoms with Crippen molar-refractivity contribution in [2.45, 2.75) is 0 Å². The van der Waals surface area contributed by atoms with E-state index in [4.69, 9.17) is 14.6 Å². The van der Waals surface area contributed by atoms with E-state index in [0.717, 1.165) is 0 Å². The van der Waals surface area contributed by atoms with Crippen molar-refractivity contribution in [2.75, 3.05) is 25.6 Å². The molecule has 166 valence electrons. The summed E-state index contributed by atoms with van der Waals surface area (Å²) >= 11 is 4.02. The fourth-order valence-electron chi connectivity index (χ4n) is 2.74. The molecule has 11 heteroatoms. The number of nitrogens with zero attached hydrogens (tertiary/aromatic N) is 1. The SMILES string of the molecule is COc1cc(/C=C2/SC(=O)N(CC(=O)O)C2=O)cc(Br)c1OCC(=O)Nc1ccccc1. The molecule has 1 fully saturated rings. The predicted octanol–water partition coefficient (Wildman–Crippen LogP) is 3.60. The number of hydrogen-bond donors (Lipinski definition) is 2. The van der Waals surface area contributed by atoms with E-state index in [2.05, 4.69) is 21.2 Å². The minimum absolute atomic E-state index is 0.0844. The smallest absolute Gasteiger partial charge is 0.323 e. The van der Waals surface area contributed by atoms with Gasteiger partial charge in [-0.2, -0.15) is 0 Å². The highest BCUT2D eigenvalue weighted by atomic mass is 79.9. The predicted molar refractivity (Wildman–Crippen MR) is 122 cm³/mol. The van der Waals surface area contributed by atoms with Crippen molar-refractivity contribution in [3.8, 4) is 11.5 Å². The molecule has 0 radical (unpaired) electrons. The fraction of sp³-hybridized carbons (Fsp3) is 0.143. The van der Waals surface area contributed by atoms with E-state index in [9.17, 15) is 19.2 Å². The van der Waals surface area contributed by atoms with E-state index in [-0.39, 0.29) is 23.2 Å². The van der Waals surface area contributed by atoms with Crippen LogP contribution in [0.2, 0.25) is 0 Å². The van der Waals surface area contributed by atoms with Crippen molar-refractivity contribution in [2.24, 2.45) is 0 Å². The maximum absolute atomic E-state index is 12.3. The molecule has 0 aliphatic carbocycles. The van der Waals surface area contributed by atoms with Crippen LogP contribution < -0.4 is 14.8 Å². The number of imide groups is 1. The van der Waals surface area contributed by atoms with Gasteiger partial charge in [0, 0.05) is 5.69 Å². The third-order valence-corrected chi connectivity index (χ3v) is 5.62. The lowest BCUT2D eigenvalue weighted by Gasteiger charge is -2.14. The Kier molecular flexibility index (Phi) is 7.54. The van der Waals surface area contributed by atoms with Crippen LogP contribution in [0.3, 0.4) is 0 Å². The number of benzene rings is 2. The number of para-hydroxylation sites is 1. The summed E-state index contributed by atoms with van der Waals surface area (Å²) in [4.78, 5) is 48.0. The van der Waals surface area contributed by atoms with Gasteiger partial charge in [0.15, 0.2) is 18.1 Å². The van der Waals surface area contributed by atoms with E-state index < -0.39 is 23.7 Å². The van der Waals surface area contributed by atoms with Gasteiger partial charge in [-0.3, -0.25) is 24.1 Å². The average molecular weight is 521 g/mol. The molecule has 1 aliphatic rings. The van der Waals surface area contributed by atoms with Gasteiger partial charge in [0.05, 0.1) is 16.5 Å².